The summed E-state index contributed by atoms with van der Waals surface area (Å²) in [6.07, 6.45) is 0.794. The molecule has 1 aromatic carbocycles. The number of benzene rings is 1. The molecule has 4 N–H and O–H groups in total. The van der Waals surface area contributed by atoms with Crippen molar-refractivity contribution in [2.45, 2.75) is 12.3 Å². The third kappa shape index (κ3) is 2.55. The summed E-state index contributed by atoms with van der Waals surface area (Å²) in [5, 5.41) is 0. The summed E-state index contributed by atoms with van der Waals surface area (Å²) >= 11 is 0. The Morgan fingerprint density at radius 2 is 2.24 bits per heavy atom. The molecule has 0 spiro atoms. The predicted octanol–water partition coefficient (Wildman–Crippen LogP) is 0.599. The molecule has 0 saturated heterocycles. The Bertz CT molecular complexity index is 467. The Morgan fingerprint density at radius 1 is 1.47 bits per heavy atom. The SMILES string of the molecule is COc1cccc([C@@H]2C[C@H]2C(=O)N=C(N)N)c1. The normalized spacial score (nSPS) is 21.7. The first-order valence-electron chi connectivity index (χ1n) is 5.39. The van der Waals surface area contributed by atoms with E-state index in [0.717, 1.165) is 17.7 Å². The minimum absolute atomic E-state index is 0.0933. The van der Waals surface area contributed by atoms with Crippen LogP contribution in [0.4, 0.5) is 0 Å². The smallest absolute Gasteiger partial charge is 0.252 e. The van der Waals surface area contributed by atoms with Gasteiger partial charge in [-0.15, -0.1) is 0 Å². The number of guanidine groups is 1. The molecule has 5 heteroatoms. The van der Waals surface area contributed by atoms with Crippen molar-refractivity contribution >= 4 is 11.9 Å². The van der Waals surface area contributed by atoms with E-state index in [4.69, 9.17) is 16.2 Å². The molecule has 0 aromatic heterocycles. The highest BCUT2D eigenvalue weighted by Crippen LogP contribution is 2.48. The number of nitrogens with zero attached hydrogens (tertiary/aromatic N) is 1. The van der Waals surface area contributed by atoms with Gasteiger partial charge in [-0.1, -0.05) is 12.1 Å². The highest BCUT2D eigenvalue weighted by molar-refractivity contribution is 5.94. The van der Waals surface area contributed by atoms with Gasteiger partial charge in [-0.25, -0.2) is 0 Å². The van der Waals surface area contributed by atoms with Gasteiger partial charge < -0.3 is 16.2 Å². The molecule has 90 valence electrons. The summed E-state index contributed by atoms with van der Waals surface area (Å²) in [5.74, 6) is 0.497. The van der Waals surface area contributed by atoms with Gasteiger partial charge >= 0.3 is 0 Å². The highest BCUT2D eigenvalue weighted by atomic mass is 16.5. The van der Waals surface area contributed by atoms with Gasteiger partial charge in [0.25, 0.3) is 5.91 Å². The number of hydrogen-bond donors (Lipinski definition) is 2. The summed E-state index contributed by atoms with van der Waals surface area (Å²) in [4.78, 5) is 15.1. The Balaban J connectivity index is 2.07. The van der Waals surface area contributed by atoms with Gasteiger partial charge in [0.05, 0.1) is 7.11 Å². The minimum atomic E-state index is -0.238. The lowest BCUT2D eigenvalue weighted by Crippen LogP contribution is -2.24. The van der Waals surface area contributed by atoms with Crippen LogP contribution in [-0.2, 0) is 4.79 Å². The fourth-order valence-electron chi connectivity index (χ4n) is 1.92. The van der Waals surface area contributed by atoms with E-state index in [1.54, 1.807) is 7.11 Å². The molecule has 17 heavy (non-hydrogen) atoms. The lowest BCUT2D eigenvalue weighted by atomic mass is 10.1. The lowest BCUT2D eigenvalue weighted by molar-refractivity contribution is -0.119. The molecule has 0 aliphatic heterocycles. The number of carbonyl (C=O) groups excluding carboxylic acids is 1. The minimum Gasteiger partial charge on any atom is -0.497 e. The zero-order valence-electron chi connectivity index (χ0n) is 9.59. The zero-order valence-corrected chi connectivity index (χ0v) is 9.59. The van der Waals surface area contributed by atoms with Crippen LogP contribution in [0.3, 0.4) is 0 Å². The Hall–Kier alpha value is -2.04. The van der Waals surface area contributed by atoms with Gasteiger partial charge in [0, 0.05) is 5.92 Å². The van der Waals surface area contributed by atoms with Gasteiger partial charge in [-0.3, -0.25) is 4.79 Å². The van der Waals surface area contributed by atoms with Crippen LogP contribution >= 0.6 is 0 Å². The first-order chi connectivity index (χ1) is 8.11. The van der Waals surface area contributed by atoms with Crippen LogP contribution in [0.5, 0.6) is 5.75 Å². The molecule has 1 aromatic rings. The van der Waals surface area contributed by atoms with E-state index in [1.165, 1.54) is 0 Å². The largest absolute Gasteiger partial charge is 0.497 e. The number of carbonyl (C=O) groups is 1. The molecular formula is C12H15N3O2. The van der Waals surface area contributed by atoms with E-state index < -0.39 is 0 Å². The molecule has 0 radical (unpaired) electrons. The maximum Gasteiger partial charge on any atom is 0.252 e. The van der Waals surface area contributed by atoms with E-state index in [2.05, 4.69) is 4.99 Å². The van der Waals surface area contributed by atoms with Crippen LogP contribution in [0.1, 0.15) is 17.9 Å². The van der Waals surface area contributed by atoms with Crippen molar-refractivity contribution in [1.29, 1.82) is 0 Å². The van der Waals surface area contributed by atoms with Gasteiger partial charge in [0.15, 0.2) is 5.96 Å². The number of rotatable bonds is 3. The third-order valence-electron chi connectivity index (χ3n) is 2.87. The average molecular weight is 233 g/mol. The van der Waals surface area contributed by atoms with Gasteiger partial charge in [0.1, 0.15) is 5.75 Å². The van der Waals surface area contributed by atoms with Crippen LogP contribution in [0.15, 0.2) is 29.3 Å². The van der Waals surface area contributed by atoms with Gasteiger partial charge in [-0.2, -0.15) is 4.99 Å². The van der Waals surface area contributed by atoms with Crippen molar-refractivity contribution in [3.05, 3.63) is 29.8 Å². The number of ether oxygens (including phenoxy) is 1. The van der Waals surface area contributed by atoms with E-state index in [-0.39, 0.29) is 23.7 Å². The number of hydrogen-bond acceptors (Lipinski definition) is 2. The second kappa shape index (κ2) is 4.45. The first-order valence-corrected chi connectivity index (χ1v) is 5.39. The molecular weight excluding hydrogens is 218 g/mol. The molecule has 0 bridgehead atoms. The fourth-order valence-corrected chi connectivity index (χ4v) is 1.92. The Kier molecular flexibility index (Phi) is 2.99. The van der Waals surface area contributed by atoms with E-state index in [9.17, 15) is 4.79 Å². The molecule has 0 unspecified atom stereocenters. The van der Waals surface area contributed by atoms with Crippen molar-refractivity contribution in [1.82, 2.24) is 0 Å². The molecule has 1 saturated carbocycles. The van der Waals surface area contributed by atoms with Crippen LogP contribution < -0.4 is 16.2 Å². The standard InChI is InChI=1S/C12H15N3O2/c1-17-8-4-2-3-7(5-8)9-6-10(9)11(16)15-12(13)14/h2-5,9-10H,6H2,1H3,(H4,13,14,15,16)/t9-,10+/m0/s1. The maximum absolute atomic E-state index is 11.6. The third-order valence-corrected chi connectivity index (χ3v) is 2.87. The van der Waals surface area contributed by atoms with E-state index >= 15 is 0 Å². The van der Waals surface area contributed by atoms with Crippen molar-refractivity contribution in [3.8, 4) is 5.75 Å². The van der Waals surface area contributed by atoms with Crippen LogP contribution in [0, 0.1) is 5.92 Å². The first kappa shape index (κ1) is 11.4. The van der Waals surface area contributed by atoms with Crippen LogP contribution in [0.2, 0.25) is 0 Å². The van der Waals surface area contributed by atoms with Crippen molar-refractivity contribution in [2.75, 3.05) is 7.11 Å². The van der Waals surface area contributed by atoms with Crippen molar-refractivity contribution < 1.29 is 9.53 Å². The number of methoxy groups -OCH3 is 1. The fraction of sp³-hybridized carbons (Fsp3) is 0.333. The summed E-state index contributed by atoms with van der Waals surface area (Å²) in [5.41, 5.74) is 11.4. The van der Waals surface area contributed by atoms with Crippen LogP contribution in [-0.4, -0.2) is 19.0 Å². The van der Waals surface area contributed by atoms with Gasteiger partial charge in [0.2, 0.25) is 0 Å². The topological polar surface area (TPSA) is 90.7 Å². The second-order valence-corrected chi connectivity index (χ2v) is 4.10. The summed E-state index contributed by atoms with van der Waals surface area (Å²) < 4.78 is 5.14. The Labute approximate surface area is 99.5 Å². The maximum atomic E-state index is 11.6. The molecule has 1 fully saturated rings. The molecule has 1 amide bonds. The predicted molar refractivity (Wildman–Crippen MR) is 64.7 cm³/mol. The lowest BCUT2D eigenvalue weighted by Gasteiger charge is -2.02. The highest BCUT2D eigenvalue weighted by Gasteiger charge is 2.44. The average Bonchev–Trinajstić information content (AvgIpc) is 3.08. The number of nitrogens with two attached hydrogens (primary N) is 2. The van der Waals surface area contributed by atoms with E-state index in [1.807, 2.05) is 24.3 Å². The molecule has 2 rings (SSSR count). The molecule has 0 heterocycles. The van der Waals surface area contributed by atoms with Crippen LogP contribution in [0.25, 0.3) is 0 Å². The monoisotopic (exact) mass is 233 g/mol. The molecule has 2 atom stereocenters. The quantitative estimate of drug-likeness (QED) is 0.590. The molecule has 5 nitrogen and oxygen atoms in total. The Morgan fingerprint density at radius 3 is 2.88 bits per heavy atom. The van der Waals surface area contributed by atoms with Crippen molar-refractivity contribution in [2.24, 2.45) is 22.4 Å². The number of aliphatic imine (C=N–C) groups is 1. The summed E-state index contributed by atoms with van der Waals surface area (Å²) in [7, 11) is 1.62. The molecule has 1 aliphatic carbocycles. The van der Waals surface area contributed by atoms with Crippen molar-refractivity contribution in [3.63, 3.8) is 0 Å². The summed E-state index contributed by atoms with van der Waals surface area (Å²) in [6.45, 7) is 0. The number of amides is 1. The van der Waals surface area contributed by atoms with E-state index in [0.29, 0.717) is 0 Å². The molecule has 1 aliphatic rings. The summed E-state index contributed by atoms with van der Waals surface area (Å²) in [6, 6.07) is 7.71. The van der Waals surface area contributed by atoms with Gasteiger partial charge in [-0.05, 0) is 30.0 Å². The zero-order chi connectivity index (χ0) is 12.4. The second-order valence-electron chi connectivity index (χ2n) is 4.10.